The van der Waals surface area contributed by atoms with Crippen LogP contribution in [0.4, 0.5) is 4.39 Å². The van der Waals surface area contributed by atoms with E-state index in [0.29, 0.717) is 16.5 Å². The van der Waals surface area contributed by atoms with E-state index in [4.69, 9.17) is 0 Å². The summed E-state index contributed by atoms with van der Waals surface area (Å²) in [5.41, 5.74) is 1.31. The maximum absolute atomic E-state index is 13.1. The molecule has 0 saturated carbocycles. The number of hydrogen-bond donors (Lipinski definition) is 1. The van der Waals surface area contributed by atoms with Crippen molar-refractivity contribution >= 4 is 15.9 Å². The van der Waals surface area contributed by atoms with E-state index in [0.717, 1.165) is 5.69 Å². The van der Waals surface area contributed by atoms with Crippen molar-refractivity contribution in [1.29, 1.82) is 0 Å². The molecule has 17 heavy (non-hydrogen) atoms. The van der Waals surface area contributed by atoms with E-state index < -0.39 is 6.10 Å². The molecule has 1 aromatic heterocycles. The van der Waals surface area contributed by atoms with Crippen LogP contribution in [-0.4, -0.2) is 10.1 Å². The molecule has 1 heterocycles. The van der Waals surface area contributed by atoms with Crippen LogP contribution in [-0.2, 0) is 6.42 Å². The van der Waals surface area contributed by atoms with Gasteiger partial charge < -0.3 is 5.11 Å². The highest BCUT2D eigenvalue weighted by molar-refractivity contribution is 9.10. The molecular formula is C13H11BrFNO. The van der Waals surface area contributed by atoms with Gasteiger partial charge in [0.1, 0.15) is 5.82 Å². The van der Waals surface area contributed by atoms with Gasteiger partial charge in [-0.3, -0.25) is 4.98 Å². The predicted molar refractivity (Wildman–Crippen MR) is 67.0 cm³/mol. The quantitative estimate of drug-likeness (QED) is 0.943. The minimum atomic E-state index is -0.769. The van der Waals surface area contributed by atoms with E-state index >= 15 is 0 Å². The van der Waals surface area contributed by atoms with Crippen molar-refractivity contribution in [2.45, 2.75) is 12.5 Å². The Balaban J connectivity index is 2.20. The van der Waals surface area contributed by atoms with E-state index in [-0.39, 0.29) is 5.82 Å². The molecule has 1 N–H and O–H groups in total. The molecule has 0 aliphatic heterocycles. The van der Waals surface area contributed by atoms with Crippen LogP contribution in [0.2, 0.25) is 0 Å². The highest BCUT2D eigenvalue weighted by Gasteiger charge is 2.13. The van der Waals surface area contributed by atoms with Gasteiger partial charge in [0, 0.05) is 22.8 Å². The van der Waals surface area contributed by atoms with Gasteiger partial charge in [-0.2, -0.15) is 0 Å². The zero-order valence-corrected chi connectivity index (χ0v) is 10.6. The molecule has 0 aliphatic carbocycles. The number of aliphatic hydroxyl groups is 1. The van der Waals surface area contributed by atoms with Crippen LogP contribution in [0.25, 0.3) is 0 Å². The molecule has 0 spiro atoms. The molecule has 1 unspecified atom stereocenters. The van der Waals surface area contributed by atoms with Crippen molar-refractivity contribution in [3.63, 3.8) is 0 Å². The standard InChI is InChI=1S/C13H11BrFNO/c14-12-5-4-9(15)7-11(12)13(17)8-10-3-1-2-6-16-10/h1-7,13,17H,8H2. The first-order valence-electron chi connectivity index (χ1n) is 5.20. The van der Waals surface area contributed by atoms with Crippen molar-refractivity contribution in [1.82, 2.24) is 4.98 Å². The van der Waals surface area contributed by atoms with E-state index in [1.807, 2.05) is 18.2 Å². The molecule has 0 radical (unpaired) electrons. The van der Waals surface area contributed by atoms with Crippen molar-refractivity contribution < 1.29 is 9.50 Å². The van der Waals surface area contributed by atoms with Crippen molar-refractivity contribution in [3.05, 3.63) is 64.1 Å². The number of hydrogen-bond acceptors (Lipinski definition) is 2. The minimum Gasteiger partial charge on any atom is -0.388 e. The van der Waals surface area contributed by atoms with Gasteiger partial charge in [-0.25, -0.2) is 4.39 Å². The lowest BCUT2D eigenvalue weighted by Gasteiger charge is -2.12. The number of nitrogens with zero attached hydrogens (tertiary/aromatic N) is 1. The summed E-state index contributed by atoms with van der Waals surface area (Å²) in [6, 6.07) is 9.77. The molecule has 2 nitrogen and oxygen atoms in total. The second-order valence-electron chi connectivity index (χ2n) is 3.71. The summed E-state index contributed by atoms with van der Waals surface area (Å²) >= 11 is 3.30. The first-order chi connectivity index (χ1) is 8.16. The Hall–Kier alpha value is -1.26. The van der Waals surface area contributed by atoms with Gasteiger partial charge in [0.25, 0.3) is 0 Å². The summed E-state index contributed by atoms with van der Waals surface area (Å²) in [6.07, 6.45) is 1.26. The topological polar surface area (TPSA) is 33.1 Å². The first kappa shape index (κ1) is 12.2. The highest BCUT2D eigenvalue weighted by Crippen LogP contribution is 2.26. The fourth-order valence-electron chi connectivity index (χ4n) is 1.60. The van der Waals surface area contributed by atoms with Gasteiger partial charge in [-0.1, -0.05) is 22.0 Å². The zero-order chi connectivity index (χ0) is 12.3. The maximum atomic E-state index is 13.1. The van der Waals surface area contributed by atoms with Gasteiger partial charge in [0.05, 0.1) is 6.10 Å². The number of halogens is 2. The van der Waals surface area contributed by atoms with E-state index in [2.05, 4.69) is 20.9 Å². The molecule has 0 amide bonds. The molecule has 1 atom stereocenters. The average molecular weight is 296 g/mol. The molecule has 0 bridgehead atoms. The molecular weight excluding hydrogens is 285 g/mol. The van der Waals surface area contributed by atoms with Crippen LogP contribution < -0.4 is 0 Å². The second-order valence-corrected chi connectivity index (χ2v) is 4.56. The third-order valence-corrected chi connectivity index (χ3v) is 3.17. The maximum Gasteiger partial charge on any atom is 0.123 e. The van der Waals surface area contributed by atoms with Gasteiger partial charge in [-0.05, 0) is 35.9 Å². The van der Waals surface area contributed by atoms with E-state index in [1.165, 1.54) is 12.1 Å². The Morgan fingerprint density at radius 2 is 2.12 bits per heavy atom. The van der Waals surface area contributed by atoms with Crippen molar-refractivity contribution in [3.8, 4) is 0 Å². The number of benzene rings is 1. The third kappa shape index (κ3) is 3.11. The molecule has 1 aromatic carbocycles. The van der Waals surface area contributed by atoms with E-state index in [9.17, 15) is 9.50 Å². The Bertz CT molecular complexity index is 504. The largest absolute Gasteiger partial charge is 0.388 e. The van der Waals surface area contributed by atoms with Crippen molar-refractivity contribution in [2.75, 3.05) is 0 Å². The second kappa shape index (κ2) is 5.38. The predicted octanol–water partition coefficient (Wildman–Crippen LogP) is 3.26. The normalized spacial score (nSPS) is 12.4. The Labute approximate surface area is 107 Å². The molecule has 2 rings (SSSR count). The average Bonchev–Trinajstić information content (AvgIpc) is 2.33. The summed E-state index contributed by atoms with van der Waals surface area (Å²) in [5.74, 6) is -0.358. The number of aliphatic hydroxyl groups excluding tert-OH is 1. The Kier molecular flexibility index (Phi) is 3.86. The number of pyridine rings is 1. The number of aromatic nitrogens is 1. The van der Waals surface area contributed by atoms with Crippen LogP contribution in [0.5, 0.6) is 0 Å². The lowest BCUT2D eigenvalue weighted by molar-refractivity contribution is 0.176. The van der Waals surface area contributed by atoms with Crippen LogP contribution in [0.3, 0.4) is 0 Å². The van der Waals surface area contributed by atoms with Crippen LogP contribution in [0.1, 0.15) is 17.4 Å². The lowest BCUT2D eigenvalue weighted by Crippen LogP contribution is -2.04. The zero-order valence-electron chi connectivity index (χ0n) is 8.98. The molecule has 0 aliphatic rings. The Morgan fingerprint density at radius 3 is 2.82 bits per heavy atom. The molecule has 2 aromatic rings. The molecule has 0 fully saturated rings. The summed E-state index contributed by atoms with van der Waals surface area (Å²) < 4.78 is 13.8. The van der Waals surface area contributed by atoms with Gasteiger partial charge in [0.2, 0.25) is 0 Å². The highest BCUT2D eigenvalue weighted by atomic mass is 79.9. The lowest BCUT2D eigenvalue weighted by atomic mass is 10.0. The fourth-order valence-corrected chi connectivity index (χ4v) is 2.11. The van der Waals surface area contributed by atoms with Crippen LogP contribution >= 0.6 is 15.9 Å². The van der Waals surface area contributed by atoms with Crippen LogP contribution in [0.15, 0.2) is 47.1 Å². The van der Waals surface area contributed by atoms with Gasteiger partial charge in [0.15, 0.2) is 0 Å². The summed E-state index contributed by atoms with van der Waals surface area (Å²) in [7, 11) is 0. The molecule has 4 heteroatoms. The summed E-state index contributed by atoms with van der Waals surface area (Å²) in [6.45, 7) is 0. The summed E-state index contributed by atoms with van der Waals surface area (Å²) in [5, 5.41) is 10.0. The third-order valence-electron chi connectivity index (χ3n) is 2.45. The minimum absolute atomic E-state index is 0.358. The van der Waals surface area contributed by atoms with Gasteiger partial charge >= 0.3 is 0 Å². The molecule has 88 valence electrons. The summed E-state index contributed by atoms with van der Waals surface area (Å²) in [4.78, 5) is 4.13. The van der Waals surface area contributed by atoms with E-state index in [1.54, 1.807) is 12.3 Å². The molecule has 0 saturated heterocycles. The Morgan fingerprint density at radius 1 is 1.29 bits per heavy atom. The van der Waals surface area contributed by atoms with Crippen molar-refractivity contribution in [2.24, 2.45) is 0 Å². The first-order valence-corrected chi connectivity index (χ1v) is 5.99. The smallest absolute Gasteiger partial charge is 0.123 e. The fraction of sp³-hybridized carbons (Fsp3) is 0.154. The van der Waals surface area contributed by atoms with Crippen LogP contribution in [0, 0.1) is 5.82 Å². The van der Waals surface area contributed by atoms with Gasteiger partial charge in [-0.15, -0.1) is 0 Å². The number of rotatable bonds is 3. The monoisotopic (exact) mass is 295 g/mol. The SMILES string of the molecule is OC(Cc1ccccn1)c1cc(F)ccc1Br.